The first-order chi connectivity index (χ1) is 7.62. The van der Waals surface area contributed by atoms with Gasteiger partial charge in [0.1, 0.15) is 0 Å². The van der Waals surface area contributed by atoms with Gasteiger partial charge in [0.2, 0.25) is 0 Å². The average molecular weight is 319 g/mol. The SMILES string of the molecule is CCC1(CC)CSc2c(C)[se]c(C)c2SC1. The van der Waals surface area contributed by atoms with Crippen LogP contribution in [0.2, 0.25) is 0 Å². The fourth-order valence-electron chi connectivity index (χ4n) is 2.13. The van der Waals surface area contributed by atoms with Crippen LogP contribution < -0.4 is 0 Å². The van der Waals surface area contributed by atoms with E-state index in [1.54, 1.807) is 18.7 Å². The van der Waals surface area contributed by atoms with Crippen molar-refractivity contribution in [1.29, 1.82) is 0 Å². The zero-order valence-corrected chi connectivity index (χ0v) is 13.9. The predicted molar refractivity (Wildman–Crippen MR) is 77.3 cm³/mol. The predicted octanol–water partition coefficient (Wildman–Crippen LogP) is 4.36. The number of fused-ring (bicyclic) bond motifs is 1. The molecule has 0 unspecified atom stereocenters. The van der Waals surface area contributed by atoms with Crippen molar-refractivity contribution in [3.05, 3.63) is 8.87 Å². The number of rotatable bonds is 2. The van der Waals surface area contributed by atoms with Gasteiger partial charge in [0.15, 0.2) is 0 Å². The van der Waals surface area contributed by atoms with E-state index in [0.717, 1.165) is 0 Å². The number of hydrogen-bond acceptors (Lipinski definition) is 2. The summed E-state index contributed by atoms with van der Waals surface area (Å²) in [6.07, 6.45) is 2.65. The number of aryl methyl sites for hydroxylation is 2. The van der Waals surface area contributed by atoms with Crippen molar-refractivity contribution in [3.63, 3.8) is 0 Å². The van der Waals surface area contributed by atoms with E-state index in [0.29, 0.717) is 19.9 Å². The van der Waals surface area contributed by atoms with Gasteiger partial charge in [-0.15, -0.1) is 0 Å². The fourth-order valence-corrected chi connectivity index (χ4v) is 8.75. The Bertz CT molecular complexity index is 347. The Balaban J connectivity index is 2.28. The van der Waals surface area contributed by atoms with Crippen molar-refractivity contribution in [2.45, 2.75) is 50.3 Å². The van der Waals surface area contributed by atoms with Gasteiger partial charge in [-0.2, -0.15) is 0 Å². The van der Waals surface area contributed by atoms with Crippen LogP contribution in [-0.2, 0) is 0 Å². The van der Waals surface area contributed by atoms with Crippen molar-refractivity contribution in [1.82, 2.24) is 0 Å². The van der Waals surface area contributed by atoms with E-state index in [9.17, 15) is 0 Å². The molecule has 0 atom stereocenters. The zero-order valence-electron chi connectivity index (χ0n) is 10.6. The van der Waals surface area contributed by atoms with Crippen LogP contribution in [0.3, 0.4) is 0 Å². The molecule has 1 aliphatic rings. The summed E-state index contributed by atoms with van der Waals surface area (Å²) in [7, 11) is 0. The molecular weight excluding hydrogens is 299 g/mol. The molecule has 0 radical (unpaired) electrons. The average Bonchev–Trinajstić information content (AvgIpc) is 2.49. The third-order valence-electron chi connectivity index (χ3n) is 3.70. The molecule has 90 valence electrons. The van der Waals surface area contributed by atoms with Crippen LogP contribution in [0.1, 0.15) is 35.6 Å². The molecule has 0 saturated heterocycles. The van der Waals surface area contributed by atoms with Crippen LogP contribution in [0.5, 0.6) is 0 Å². The Morgan fingerprint density at radius 2 is 1.44 bits per heavy atom. The first kappa shape index (κ1) is 13.1. The van der Waals surface area contributed by atoms with Crippen LogP contribution >= 0.6 is 23.5 Å². The Morgan fingerprint density at radius 1 is 1.00 bits per heavy atom. The Kier molecular flexibility index (Phi) is 4.22. The van der Waals surface area contributed by atoms with E-state index in [4.69, 9.17) is 0 Å². The summed E-state index contributed by atoms with van der Waals surface area (Å²) in [5, 5.41) is 0. The van der Waals surface area contributed by atoms with E-state index in [1.807, 2.05) is 0 Å². The topological polar surface area (TPSA) is 0 Å². The van der Waals surface area contributed by atoms with Crippen LogP contribution in [0.15, 0.2) is 9.79 Å². The second kappa shape index (κ2) is 5.14. The third kappa shape index (κ3) is 2.29. The van der Waals surface area contributed by atoms with E-state index in [-0.39, 0.29) is 0 Å². The van der Waals surface area contributed by atoms with Gasteiger partial charge in [-0.3, -0.25) is 0 Å². The Labute approximate surface area is 114 Å². The quantitative estimate of drug-likeness (QED) is 0.743. The summed E-state index contributed by atoms with van der Waals surface area (Å²) in [5.74, 6) is 2.65. The molecule has 0 bridgehead atoms. The summed E-state index contributed by atoms with van der Waals surface area (Å²) in [6.45, 7) is 9.39. The summed E-state index contributed by atoms with van der Waals surface area (Å²) < 4.78 is 3.33. The molecule has 0 N–H and O–H groups in total. The van der Waals surface area contributed by atoms with Crippen LogP contribution in [0.4, 0.5) is 0 Å². The van der Waals surface area contributed by atoms with Gasteiger partial charge in [-0.1, -0.05) is 0 Å². The molecule has 0 saturated carbocycles. The summed E-state index contributed by atoms with van der Waals surface area (Å²) in [4.78, 5) is 3.29. The molecule has 16 heavy (non-hydrogen) atoms. The maximum atomic E-state index is 2.36. The van der Waals surface area contributed by atoms with Gasteiger partial charge in [0.25, 0.3) is 0 Å². The van der Waals surface area contributed by atoms with Crippen molar-refractivity contribution in [3.8, 4) is 0 Å². The molecule has 0 aliphatic carbocycles. The molecule has 1 aromatic rings. The van der Waals surface area contributed by atoms with Gasteiger partial charge < -0.3 is 0 Å². The molecule has 0 fully saturated rings. The Hall–Kier alpha value is 0.699. The molecule has 0 aromatic carbocycles. The van der Waals surface area contributed by atoms with Gasteiger partial charge >= 0.3 is 114 Å². The molecule has 1 aliphatic heterocycles. The first-order valence-electron chi connectivity index (χ1n) is 5.97. The third-order valence-corrected chi connectivity index (χ3v) is 9.66. The normalized spacial score (nSPS) is 19.2. The second-order valence-electron chi connectivity index (χ2n) is 4.66. The molecule has 3 heteroatoms. The molecule has 2 rings (SSSR count). The van der Waals surface area contributed by atoms with E-state index < -0.39 is 0 Å². The number of hydrogen-bond donors (Lipinski definition) is 0. The van der Waals surface area contributed by atoms with E-state index in [1.165, 1.54) is 24.3 Å². The Morgan fingerprint density at radius 3 is 1.81 bits per heavy atom. The zero-order chi connectivity index (χ0) is 11.8. The second-order valence-corrected chi connectivity index (χ2v) is 9.63. The molecular formula is C13H20S2Se. The van der Waals surface area contributed by atoms with Crippen molar-refractivity contribution in [2.75, 3.05) is 11.5 Å². The maximum absolute atomic E-state index is 2.36. The van der Waals surface area contributed by atoms with Gasteiger partial charge in [-0.25, -0.2) is 0 Å². The van der Waals surface area contributed by atoms with Crippen molar-refractivity contribution in [2.24, 2.45) is 5.41 Å². The van der Waals surface area contributed by atoms with Gasteiger partial charge in [-0.05, 0) is 0 Å². The molecule has 1 aromatic heterocycles. The first-order valence-corrected chi connectivity index (χ1v) is 9.66. The van der Waals surface area contributed by atoms with Crippen molar-refractivity contribution < 1.29 is 0 Å². The van der Waals surface area contributed by atoms with E-state index in [2.05, 4.69) is 51.2 Å². The summed E-state index contributed by atoms with van der Waals surface area (Å²) >= 11 is 4.93. The van der Waals surface area contributed by atoms with Crippen LogP contribution in [0, 0.1) is 19.3 Å². The summed E-state index contributed by atoms with van der Waals surface area (Å²) in [6, 6.07) is 0. The molecule has 0 spiro atoms. The van der Waals surface area contributed by atoms with Crippen LogP contribution in [0.25, 0.3) is 0 Å². The van der Waals surface area contributed by atoms with Gasteiger partial charge in [0.05, 0.1) is 0 Å². The van der Waals surface area contributed by atoms with Crippen molar-refractivity contribution >= 4 is 38.0 Å². The van der Waals surface area contributed by atoms with Gasteiger partial charge in [0, 0.05) is 0 Å². The minimum absolute atomic E-state index is 0.577. The molecule has 0 nitrogen and oxygen atoms in total. The molecule has 2 heterocycles. The fraction of sp³-hybridized carbons (Fsp3) is 0.692. The summed E-state index contributed by atoms with van der Waals surface area (Å²) in [5.41, 5.74) is 0.577. The monoisotopic (exact) mass is 320 g/mol. The van der Waals surface area contributed by atoms with Crippen LogP contribution in [-0.4, -0.2) is 26.0 Å². The standard InChI is InChI=1S/C13H20S2Se/c1-5-13(6-2)7-14-11-9(3)16-10(4)12(11)15-8-13/h5-8H2,1-4H3. The molecule has 0 amide bonds. The minimum atomic E-state index is 0.577. The van der Waals surface area contributed by atoms with E-state index >= 15 is 0 Å². The number of thioether (sulfide) groups is 2.